The van der Waals surface area contributed by atoms with Gasteiger partial charge in [0.25, 0.3) is 0 Å². The van der Waals surface area contributed by atoms with Gasteiger partial charge in [-0.05, 0) is 30.3 Å². The van der Waals surface area contributed by atoms with Crippen molar-refractivity contribution < 1.29 is 14.9 Å². The third kappa shape index (κ3) is 2.69. The van der Waals surface area contributed by atoms with Gasteiger partial charge in [0, 0.05) is 33.9 Å². The van der Waals surface area contributed by atoms with Gasteiger partial charge in [0.1, 0.15) is 11.2 Å². The van der Waals surface area contributed by atoms with E-state index in [0.717, 1.165) is 32.5 Å². The molecule has 1 atom stereocenters. The van der Waals surface area contributed by atoms with Crippen LogP contribution in [0.2, 0.25) is 0 Å². The molecule has 0 spiro atoms. The van der Waals surface area contributed by atoms with Crippen molar-refractivity contribution in [2.75, 3.05) is 5.32 Å². The predicted molar refractivity (Wildman–Crippen MR) is 91.1 cm³/mol. The average Bonchev–Trinajstić information content (AvgIpc) is 3.17. The number of quaternary nitrogens is 1. The summed E-state index contributed by atoms with van der Waals surface area (Å²) in [5.41, 5.74) is 2.72. The first-order chi connectivity index (χ1) is 11.2. The van der Waals surface area contributed by atoms with Crippen molar-refractivity contribution in [3.8, 4) is 0 Å². The van der Waals surface area contributed by atoms with Gasteiger partial charge in [-0.3, -0.25) is 0 Å². The van der Waals surface area contributed by atoms with Gasteiger partial charge in [-0.25, -0.2) is 5.21 Å². The maximum atomic E-state index is 10.9. The van der Waals surface area contributed by atoms with E-state index in [1.54, 1.807) is 6.07 Å². The summed E-state index contributed by atoms with van der Waals surface area (Å²) in [4.78, 5) is 0.986. The molecule has 2 heterocycles. The second-order valence-electron chi connectivity index (χ2n) is 5.23. The van der Waals surface area contributed by atoms with E-state index in [9.17, 15) is 5.21 Å². The zero-order chi connectivity index (χ0) is 15.8. The Hall–Kier alpha value is -2.38. The highest BCUT2D eigenvalue weighted by Crippen LogP contribution is 2.30. The number of para-hydroxylation sites is 1. The van der Waals surface area contributed by atoms with Crippen LogP contribution in [0, 0.1) is 5.21 Å². The van der Waals surface area contributed by atoms with Gasteiger partial charge < -0.3 is 14.9 Å². The second-order valence-corrected chi connectivity index (χ2v) is 6.40. The molecule has 6 heteroatoms. The molecule has 0 aliphatic heterocycles. The summed E-state index contributed by atoms with van der Waals surface area (Å²) in [6.45, 7) is 0.596. The highest BCUT2D eigenvalue weighted by atomic mass is 32.1. The first-order valence-electron chi connectivity index (χ1n) is 7.18. The van der Waals surface area contributed by atoms with Crippen molar-refractivity contribution in [3.05, 3.63) is 64.7 Å². The van der Waals surface area contributed by atoms with E-state index < -0.39 is 5.23 Å². The molecule has 0 aliphatic rings. The Kier molecular flexibility index (Phi) is 3.51. The van der Waals surface area contributed by atoms with E-state index in [-0.39, 0.29) is 0 Å². The zero-order valence-corrected chi connectivity index (χ0v) is 12.9. The molecular formula is C17H14N2O3S. The molecule has 0 saturated carbocycles. The maximum absolute atomic E-state index is 10.9. The van der Waals surface area contributed by atoms with Crippen LogP contribution in [0.25, 0.3) is 21.9 Å². The van der Waals surface area contributed by atoms with Crippen LogP contribution in [-0.4, -0.2) is 5.21 Å². The fourth-order valence-corrected chi connectivity index (χ4v) is 3.40. The molecule has 23 heavy (non-hydrogen) atoms. The molecule has 0 amide bonds. The van der Waals surface area contributed by atoms with E-state index in [0.29, 0.717) is 11.5 Å². The van der Waals surface area contributed by atoms with Crippen LogP contribution in [-0.2, 0) is 6.54 Å². The Morgan fingerprint density at radius 2 is 1.87 bits per heavy atom. The number of anilines is 1. The minimum absolute atomic E-state index is 0.359. The third-order valence-corrected chi connectivity index (χ3v) is 4.79. The van der Waals surface area contributed by atoms with Crippen molar-refractivity contribution in [3.63, 3.8) is 0 Å². The van der Waals surface area contributed by atoms with Crippen molar-refractivity contribution >= 4 is 44.0 Å². The molecule has 3 N–H and O–H groups in total. The lowest BCUT2D eigenvalue weighted by molar-refractivity contribution is -0.989. The summed E-state index contributed by atoms with van der Waals surface area (Å²) in [5.74, 6) is 0. The van der Waals surface area contributed by atoms with Gasteiger partial charge in [-0.15, -0.1) is 0 Å². The monoisotopic (exact) mass is 326 g/mol. The average molecular weight is 326 g/mol. The minimum Gasteiger partial charge on any atom is -0.594 e. The van der Waals surface area contributed by atoms with Gasteiger partial charge in [-0.2, -0.15) is 5.23 Å². The molecule has 4 rings (SSSR count). The van der Waals surface area contributed by atoms with Gasteiger partial charge >= 0.3 is 0 Å². The molecule has 2 aromatic carbocycles. The minimum atomic E-state index is -0.882. The number of hydrogen-bond donors (Lipinski definition) is 3. The number of nitrogens with one attached hydrogen (secondary N) is 2. The quantitative estimate of drug-likeness (QED) is 0.500. The van der Waals surface area contributed by atoms with Crippen LogP contribution in [0.15, 0.2) is 59.0 Å². The highest BCUT2D eigenvalue weighted by Gasteiger charge is 2.08. The van der Waals surface area contributed by atoms with Crippen LogP contribution >= 0.6 is 11.3 Å². The smallest absolute Gasteiger partial charge is 0.219 e. The van der Waals surface area contributed by atoms with Crippen molar-refractivity contribution in [1.29, 1.82) is 0 Å². The molecule has 0 saturated heterocycles. The van der Waals surface area contributed by atoms with E-state index in [4.69, 9.17) is 9.62 Å². The van der Waals surface area contributed by atoms with Gasteiger partial charge in [0.2, 0.25) is 5.00 Å². The molecule has 1 unspecified atom stereocenters. The van der Waals surface area contributed by atoms with Crippen LogP contribution < -0.4 is 10.5 Å². The lowest BCUT2D eigenvalue weighted by Crippen LogP contribution is -2.98. The largest absolute Gasteiger partial charge is 0.594 e. The lowest BCUT2D eigenvalue weighted by atomic mass is 10.1. The van der Waals surface area contributed by atoms with E-state index >= 15 is 0 Å². The van der Waals surface area contributed by atoms with Crippen LogP contribution in [0.5, 0.6) is 0 Å². The standard InChI is InChI=1S/C17H14N2O3S/c20-19(21)17-8-6-12(23-17)10-18-11-5-7-16-14(9-11)13-3-1-2-4-15(13)22-16/h1-9,18-20H,10H2. The zero-order valence-electron chi connectivity index (χ0n) is 12.1. The number of fused-ring (bicyclic) bond motifs is 3. The summed E-state index contributed by atoms with van der Waals surface area (Å²) in [7, 11) is 0. The topological polar surface area (TPSA) is 72.9 Å². The fourth-order valence-electron chi connectivity index (χ4n) is 2.61. The summed E-state index contributed by atoms with van der Waals surface area (Å²) in [5, 5.41) is 24.8. The highest BCUT2D eigenvalue weighted by molar-refractivity contribution is 7.15. The van der Waals surface area contributed by atoms with Crippen LogP contribution in [0.4, 0.5) is 10.7 Å². The summed E-state index contributed by atoms with van der Waals surface area (Å²) < 4.78 is 5.81. The van der Waals surface area contributed by atoms with Crippen molar-refractivity contribution in [2.24, 2.45) is 0 Å². The predicted octanol–water partition coefficient (Wildman–Crippen LogP) is 3.66. The fraction of sp³-hybridized carbons (Fsp3) is 0.0588. The maximum Gasteiger partial charge on any atom is 0.219 e. The number of rotatable bonds is 4. The van der Waals surface area contributed by atoms with E-state index in [2.05, 4.69) is 11.4 Å². The molecule has 116 valence electrons. The van der Waals surface area contributed by atoms with Crippen LogP contribution in [0.1, 0.15) is 4.88 Å². The Morgan fingerprint density at radius 1 is 1.04 bits per heavy atom. The Bertz CT molecular complexity index is 974. The SMILES string of the molecule is [O-][NH+](O)c1ccc(CNc2ccc3oc4ccccc4c3c2)s1. The van der Waals surface area contributed by atoms with Gasteiger partial charge in [0.05, 0.1) is 0 Å². The van der Waals surface area contributed by atoms with Crippen LogP contribution in [0.3, 0.4) is 0 Å². The normalized spacial score (nSPS) is 12.8. The molecule has 0 bridgehead atoms. The lowest BCUT2D eigenvalue weighted by Gasteiger charge is -2.07. The number of benzene rings is 2. The van der Waals surface area contributed by atoms with E-state index in [1.807, 2.05) is 42.5 Å². The number of thiophene rings is 1. The molecule has 4 aromatic rings. The van der Waals surface area contributed by atoms with E-state index in [1.165, 1.54) is 11.3 Å². The summed E-state index contributed by atoms with van der Waals surface area (Å²) in [6, 6.07) is 17.4. The molecule has 5 nitrogen and oxygen atoms in total. The van der Waals surface area contributed by atoms with Crippen molar-refractivity contribution in [1.82, 2.24) is 0 Å². The first-order valence-corrected chi connectivity index (χ1v) is 7.99. The second kappa shape index (κ2) is 5.68. The number of furan rings is 1. The Balaban J connectivity index is 1.60. The van der Waals surface area contributed by atoms with Gasteiger partial charge in [-0.1, -0.05) is 29.5 Å². The summed E-state index contributed by atoms with van der Waals surface area (Å²) >= 11 is 1.29. The molecule has 0 aliphatic carbocycles. The Morgan fingerprint density at radius 3 is 2.70 bits per heavy atom. The molecule has 2 aromatic heterocycles. The molecular weight excluding hydrogens is 312 g/mol. The Labute approximate surface area is 135 Å². The first kappa shape index (κ1) is 14.2. The number of hydrogen-bond acceptors (Lipinski definition) is 5. The van der Waals surface area contributed by atoms with Gasteiger partial charge in [0.15, 0.2) is 0 Å². The molecule has 0 fully saturated rings. The molecule has 0 radical (unpaired) electrons. The van der Waals surface area contributed by atoms with Crippen molar-refractivity contribution in [2.45, 2.75) is 6.54 Å². The summed E-state index contributed by atoms with van der Waals surface area (Å²) in [6.07, 6.45) is 0. The third-order valence-electron chi connectivity index (χ3n) is 3.72.